The number of aromatic hydroxyl groups is 1. The lowest BCUT2D eigenvalue weighted by atomic mass is 10.2. The number of hydrogen-bond acceptors (Lipinski definition) is 1. The Morgan fingerprint density at radius 3 is 2.00 bits per heavy atom. The summed E-state index contributed by atoms with van der Waals surface area (Å²) in [7, 11) is 0. The molecule has 0 saturated carbocycles. The Morgan fingerprint density at radius 1 is 1.07 bits per heavy atom. The molecule has 0 unspecified atom stereocenters. The fraction of sp³-hybridized carbons (Fsp3) is 0.143. The first kappa shape index (κ1) is 11.8. The van der Waals surface area contributed by atoms with Crippen LogP contribution in [0.2, 0.25) is 15.1 Å². The molecule has 0 fully saturated rings. The topological polar surface area (TPSA) is 20.2 Å². The summed E-state index contributed by atoms with van der Waals surface area (Å²) in [6.07, 6.45) is -4.70. The molecule has 1 aromatic rings. The van der Waals surface area contributed by atoms with Crippen LogP contribution in [-0.4, -0.2) is 5.11 Å². The van der Waals surface area contributed by atoms with Crippen LogP contribution in [0, 0.1) is 0 Å². The second kappa shape index (κ2) is 3.68. The van der Waals surface area contributed by atoms with Gasteiger partial charge in [-0.3, -0.25) is 0 Å². The quantitative estimate of drug-likeness (QED) is 0.691. The molecule has 0 saturated heterocycles. The number of phenols is 1. The summed E-state index contributed by atoms with van der Waals surface area (Å²) in [6, 6.07) is 0.693. The van der Waals surface area contributed by atoms with Crippen molar-refractivity contribution in [3.63, 3.8) is 0 Å². The summed E-state index contributed by atoms with van der Waals surface area (Å²) in [4.78, 5) is 0. The van der Waals surface area contributed by atoms with Crippen molar-refractivity contribution in [2.24, 2.45) is 0 Å². The van der Waals surface area contributed by atoms with Crippen molar-refractivity contribution in [2.75, 3.05) is 0 Å². The predicted molar refractivity (Wildman–Crippen MR) is 48.1 cm³/mol. The third-order valence-corrected chi connectivity index (χ3v) is 2.58. The molecular formula is C7H2Cl3F3O. The minimum absolute atomic E-state index is 0.566. The van der Waals surface area contributed by atoms with Gasteiger partial charge in [-0.15, -0.1) is 0 Å². The lowest BCUT2D eigenvalue weighted by Crippen LogP contribution is -2.07. The molecule has 0 aliphatic heterocycles. The second-order valence-electron chi connectivity index (χ2n) is 2.38. The van der Waals surface area contributed by atoms with Gasteiger partial charge in [0.05, 0.1) is 15.6 Å². The molecule has 1 N–H and O–H groups in total. The number of benzene rings is 1. The molecule has 0 heterocycles. The number of halogens is 6. The van der Waals surface area contributed by atoms with Gasteiger partial charge in [0, 0.05) is 6.07 Å². The van der Waals surface area contributed by atoms with Crippen molar-refractivity contribution < 1.29 is 18.3 Å². The van der Waals surface area contributed by atoms with Gasteiger partial charge in [0.1, 0.15) is 10.8 Å². The molecule has 1 nitrogen and oxygen atoms in total. The third-order valence-electron chi connectivity index (χ3n) is 1.42. The van der Waals surface area contributed by atoms with Crippen LogP contribution in [0.5, 0.6) is 5.75 Å². The van der Waals surface area contributed by atoms with Crippen molar-refractivity contribution in [3.8, 4) is 5.75 Å². The lowest BCUT2D eigenvalue weighted by molar-refractivity contribution is -0.137. The Balaban J connectivity index is 3.53. The Hall–Kier alpha value is -0.320. The van der Waals surface area contributed by atoms with E-state index in [9.17, 15) is 13.2 Å². The van der Waals surface area contributed by atoms with Crippen LogP contribution in [0.1, 0.15) is 5.56 Å². The fourth-order valence-corrected chi connectivity index (χ4v) is 1.65. The van der Waals surface area contributed by atoms with E-state index in [1.54, 1.807) is 0 Å². The zero-order valence-corrected chi connectivity index (χ0v) is 8.56. The monoisotopic (exact) mass is 264 g/mol. The van der Waals surface area contributed by atoms with Crippen LogP contribution in [0.3, 0.4) is 0 Å². The van der Waals surface area contributed by atoms with Gasteiger partial charge in [-0.25, -0.2) is 0 Å². The van der Waals surface area contributed by atoms with E-state index < -0.39 is 32.6 Å². The van der Waals surface area contributed by atoms with E-state index in [0.717, 1.165) is 0 Å². The van der Waals surface area contributed by atoms with Gasteiger partial charge in [0.15, 0.2) is 0 Å². The van der Waals surface area contributed by atoms with Gasteiger partial charge in [-0.05, 0) is 0 Å². The van der Waals surface area contributed by atoms with Crippen LogP contribution >= 0.6 is 34.8 Å². The zero-order chi connectivity index (χ0) is 11.1. The summed E-state index contributed by atoms with van der Waals surface area (Å²) in [5.74, 6) is -0.588. The maximum atomic E-state index is 12.3. The number of hydrogen-bond donors (Lipinski definition) is 1. The van der Waals surface area contributed by atoms with E-state index >= 15 is 0 Å². The zero-order valence-electron chi connectivity index (χ0n) is 6.29. The van der Waals surface area contributed by atoms with E-state index in [0.29, 0.717) is 6.07 Å². The standard InChI is InChI=1S/C7H2Cl3F3O/c8-2-1-3(14)5(9)6(10)4(2)7(11,12)13/h1,14H. The highest BCUT2D eigenvalue weighted by Gasteiger charge is 2.37. The maximum absolute atomic E-state index is 12.3. The first-order valence-corrected chi connectivity index (χ1v) is 4.32. The van der Waals surface area contributed by atoms with Crippen molar-refractivity contribution in [3.05, 3.63) is 26.7 Å². The summed E-state index contributed by atoms with van der Waals surface area (Å²) in [6.45, 7) is 0. The SMILES string of the molecule is Oc1cc(Cl)c(C(F)(F)F)c(Cl)c1Cl. The molecule has 7 heteroatoms. The van der Waals surface area contributed by atoms with Crippen LogP contribution in [-0.2, 0) is 6.18 Å². The highest BCUT2D eigenvalue weighted by molar-refractivity contribution is 6.45. The smallest absolute Gasteiger partial charge is 0.419 e. The summed E-state index contributed by atoms with van der Waals surface area (Å²) in [5.41, 5.74) is -1.25. The predicted octanol–water partition coefficient (Wildman–Crippen LogP) is 4.37. The van der Waals surface area contributed by atoms with Crippen LogP contribution in [0.4, 0.5) is 13.2 Å². The minimum Gasteiger partial charge on any atom is -0.506 e. The molecule has 1 aromatic carbocycles. The summed E-state index contributed by atoms with van der Waals surface area (Å²) in [5, 5.41) is 6.94. The summed E-state index contributed by atoms with van der Waals surface area (Å²) >= 11 is 15.9. The average molecular weight is 265 g/mol. The number of rotatable bonds is 0. The largest absolute Gasteiger partial charge is 0.506 e. The second-order valence-corrected chi connectivity index (χ2v) is 3.54. The van der Waals surface area contributed by atoms with E-state index in [-0.39, 0.29) is 0 Å². The van der Waals surface area contributed by atoms with E-state index in [4.69, 9.17) is 39.9 Å². The molecule has 78 valence electrons. The molecule has 1 rings (SSSR count). The Morgan fingerprint density at radius 2 is 1.57 bits per heavy atom. The van der Waals surface area contributed by atoms with Crippen molar-refractivity contribution in [1.82, 2.24) is 0 Å². The molecule has 0 spiro atoms. The van der Waals surface area contributed by atoms with E-state index in [1.807, 2.05) is 0 Å². The van der Waals surface area contributed by atoms with E-state index in [2.05, 4.69) is 0 Å². The number of phenolic OH excluding ortho intramolecular Hbond substituents is 1. The van der Waals surface area contributed by atoms with Gasteiger partial charge >= 0.3 is 6.18 Å². The number of alkyl halides is 3. The molecular weight excluding hydrogens is 263 g/mol. The summed E-state index contributed by atoms with van der Waals surface area (Å²) < 4.78 is 36.9. The van der Waals surface area contributed by atoms with Gasteiger partial charge < -0.3 is 5.11 Å². The first-order chi connectivity index (χ1) is 6.25. The molecule has 14 heavy (non-hydrogen) atoms. The molecule has 0 aromatic heterocycles. The Bertz CT molecular complexity index is 375. The molecule has 0 atom stereocenters. The molecule has 0 amide bonds. The van der Waals surface area contributed by atoms with Gasteiger partial charge in [0.2, 0.25) is 0 Å². The lowest BCUT2D eigenvalue weighted by Gasteiger charge is -2.12. The Kier molecular flexibility index (Phi) is 3.09. The molecule has 0 radical (unpaired) electrons. The minimum atomic E-state index is -4.70. The molecule has 0 aliphatic rings. The van der Waals surface area contributed by atoms with Gasteiger partial charge in [0.25, 0.3) is 0 Å². The fourth-order valence-electron chi connectivity index (χ4n) is 0.842. The first-order valence-electron chi connectivity index (χ1n) is 3.18. The average Bonchev–Trinajstić information content (AvgIpc) is 1.97. The normalized spacial score (nSPS) is 11.9. The highest BCUT2D eigenvalue weighted by Crippen LogP contribution is 2.45. The Labute approximate surface area is 92.0 Å². The van der Waals surface area contributed by atoms with Gasteiger partial charge in [-0.1, -0.05) is 34.8 Å². The molecule has 0 aliphatic carbocycles. The highest BCUT2D eigenvalue weighted by atomic mass is 35.5. The van der Waals surface area contributed by atoms with Gasteiger partial charge in [-0.2, -0.15) is 13.2 Å². The van der Waals surface area contributed by atoms with Crippen LogP contribution in [0.15, 0.2) is 6.07 Å². The van der Waals surface area contributed by atoms with Crippen molar-refractivity contribution in [1.29, 1.82) is 0 Å². The third kappa shape index (κ3) is 2.02. The van der Waals surface area contributed by atoms with Crippen molar-refractivity contribution >= 4 is 34.8 Å². The maximum Gasteiger partial charge on any atom is 0.419 e. The van der Waals surface area contributed by atoms with E-state index in [1.165, 1.54) is 0 Å². The molecule has 0 bridgehead atoms. The van der Waals surface area contributed by atoms with Crippen LogP contribution < -0.4 is 0 Å². The van der Waals surface area contributed by atoms with Crippen molar-refractivity contribution in [2.45, 2.75) is 6.18 Å². The van der Waals surface area contributed by atoms with Crippen LogP contribution in [0.25, 0.3) is 0 Å².